The van der Waals surface area contributed by atoms with Crippen molar-refractivity contribution in [3.63, 3.8) is 0 Å². The molecule has 1 aromatic carbocycles. The summed E-state index contributed by atoms with van der Waals surface area (Å²) in [5, 5.41) is 0. The van der Waals surface area contributed by atoms with E-state index in [9.17, 15) is 8.42 Å². The lowest BCUT2D eigenvalue weighted by molar-refractivity contribution is 0.0682. The van der Waals surface area contributed by atoms with Crippen molar-refractivity contribution >= 4 is 10.2 Å². The lowest BCUT2D eigenvalue weighted by Gasteiger charge is -2.39. The van der Waals surface area contributed by atoms with Crippen molar-refractivity contribution < 1.29 is 13.2 Å². The fraction of sp³-hybridized carbons (Fsp3) is 0.667. The Morgan fingerprint density at radius 1 is 1.08 bits per heavy atom. The highest BCUT2D eigenvalue weighted by Gasteiger charge is 2.37. The molecule has 0 bridgehead atoms. The molecule has 0 radical (unpaired) electrons. The van der Waals surface area contributed by atoms with Crippen LogP contribution in [0.3, 0.4) is 0 Å². The van der Waals surface area contributed by atoms with Crippen molar-refractivity contribution in [2.75, 3.05) is 46.9 Å². The Kier molecular flexibility index (Phi) is 6.12. The molecule has 0 N–H and O–H groups in total. The van der Waals surface area contributed by atoms with Crippen LogP contribution in [-0.4, -0.2) is 68.9 Å². The van der Waals surface area contributed by atoms with Gasteiger partial charge in [-0.05, 0) is 38.1 Å². The van der Waals surface area contributed by atoms with Gasteiger partial charge in [-0.1, -0.05) is 30.7 Å². The van der Waals surface area contributed by atoms with Gasteiger partial charge in [-0.2, -0.15) is 17.0 Å². The molecule has 2 saturated heterocycles. The number of piperidine rings is 1. The zero-order valence-electron chi connectivity index (χ0n) is 15.2. The Morgan fingerprint density at radius 3 is 2.40 bits per heavy atom. The second-order valence-corrected chi connectivity index (χ2v) is 9.00. The fourth-order valence-corrected chi connectivity index (χ4v) is 5.47. The van der Waals surface area contributed by atoms with E-state index in [0.29, 0.717) is 32.8 Å². The maximum Gasteiger partial charge on any atom is 0.282 e. The van der Waals surface area contributed by atoms with Gasteiger partial charge >= 0.3 is 0 Å². The Balaban J connectivity index is 1.80. The molecule has 1 atom stereocenters. The average Bonchev–Trinajstić information content (AvgIpc) is 2.63. The number of ether oxygens (including phenoxy) is 1. The molecule has 7 heteroatoms. The summed E-state index contributed by atoms with van der Waals surface area (Å²) in [6, 6.07) is 8.36. The van der Waals surface area contributed by atoms with Crippen molar-refractivity contribution in [1.82, 2.24) is 13.5 Å². The molecule has 2 fully saturated rings. The van der Waals surface area contributed by atoms with Crippen molar-refractivity contribution in [3.05, 3.63) is 35.4 Å². The topological polar surface area (TPSA) is 53.1 Å². The van der Waals surface area contributed by atoms with Gasteiger partial charge in [0.05, 0.1) is 19.3 Å². The maximum atomic E-state index is 13.1. The van der Waals surface area contributed by atoms with Crippen LogP contribution in [0.25, 0.3) is 0 Å². The molecular formula is C18H29N3O3S. The predicted octanol–water partition coefficient (Wildman–Crippen LogP) is 1.85. The molecular weight excluding hydrogens is 338 g/mol. The first-order valence-corrected chi connectivity index (χ1v) is 10.5. The van der Waals surface area contributed by atoms with Crippen molar-refractivity contribution in [1.29, 1.82) is 0 Å². The van der Waals surface area contributed by atoms with Crippen LogP contribution in [0.5, 0.6) is 0 Å². The molecule has 0 aromatic heterocycles. The summed E-state index contributed by atoms with van der Waals surface area (Å²) in [5.74, 6) is 0. The van der Waals surface area contributed by atoms with E-state index in [1.807, 2.05) is 14.1 Å². The van der Waals surface area contributed by atoms with E-state index < -0.39 is 10.2 Å². The van der Waals surface area contributed by atoms with E-state index in [1.165, 1.54) is 5.56 Å². The standard InChI is InChI=1S/C18H29N3O3S/c1-19(2)15-16-6-8-17(9-7-16)18-5-3-4-10-21(18)25(22,23)20-11-13-24-14-12-20/h6-9,18H,3-5,10-15H2,1-2H3. The van der Waals surface area contributed by atoms with E-state index in [2.05, 4.69) is 29.2 Å². The Labute approximate surface area is 151 Å². The van der Waals surface area contributed by atoms with Crippen LogP contribution < -0.4 is 0 Å². The molecule has 2 aliphatic heterocycles. The van der Waals surface area contributed by atoms with Crippen LogP contribution in [0.15, 0.2) is 24.3 Å². The van der Waals surface area contributed by atoms with E-state index in [4.69, 9.17) is 4.74 Å². The minimum atomic E-state index is -3.43. The van der Waals surface area contributed by atoms with Gasteiger partial charge in [-0.3, -0.25) is 0 Å². The van der Waals surface area contributed by atoms with Crippen LogP contribution >= 0.6 is 0 Å². The Morgan fingerprint density at radius 2 is 1.76 bits per heavy atom. The SMILES string of the molecule is CN(C)Cc1ccc(C2CCCCN2S(=O)(=O)N2CCOCC2)cc1. The van der Waals surface area contributed by atoms with Gasteiger partial charge in [0.1, 0.15) is 0 Å². The lowest BCUT2D eigenvalue weighted by atomic mass is 9.96. The average molecular weight is 368 g/mol. The van der Waals surface area contributed by atoms with Gasteiger partial charge in [-0.15, -0.1) is 0 Å². The summed E-state index contributed by atoms with van der Waals surface area (Å²) < 4.78 is 34.9. The highest BCUT2D eigenvalue weighted by atomic mass is 32.2. The summed E-state index contributed by atoms with van der Waals surface area (Å²) >= 11 is 0. The summed E-state index contributed by atoms with van der Waals surface area (Å²) in [7, 11) is 0.662. The zero-order valence-corrected chi connectivity index (χ0v) is 16.0. The minimum absolute atomic E-state index is 0.0602. The highest BCUT2D eigenvalue weighted by Crippen LogP contribution is 2.34. The van der Waals surface area contributed by atoms with Crippen molar-refractivity contribution in [2.45, 2.75) is 31.8 Å². The number of nitrogens with zero attached hydrogens (tertiary/aromatic N) is 3. The predicted molar refractivity (Wildman–Crippen MR) is 98.4 cm³/mol. The maximum absolute atomic E-state index is 13.1. The Bertz CT molecular complexity index is 655. The van der Waals surface area contributed by atoms with Crippen LogP contribution in [0.2, 0.25) is 0 Å². The number of hydrogen-bond acceptors (Lipinski definition) is 4. The van der Waals surface area contributed by atoms with E-state index >= 15 is 0 Å². The molecule has 0 amide bonds. The molecule has 0 aliphatic carbocycles. The van der Waals surface area contributed by atoms with E-state index in [-0.39, 0.29) is 6.04 Å². The Hall–Kier alpha value is -0.990. The molecule has 2 heterocycles. The first-order valence-electron chi connectivity index (χ1n) is 9.07. The number of morpholine rings is 1. The molecule has 3 rings (SSSR count). The number of rotatable bonds is 5. The lowest BCUT2D eigenvalue weighted by Crippen LogP contribution is -2.50. The summed E-state index contributed by atoms with van der Waals surface area (Å²) in [6.07, 6.45) is 2.88. The number of benzene rings is 1. The number of hydrogen-bond donors (Lipinski definition) is 0. The minimum Gasteiger partial charge on any atom is -0.379 e. The molecule has 25 heavy (non-hydrogen) atoms. The summed E-state index contributed by atoms with van der Waals surface area (Å²) in [4.78, 5) is 2.13. The van der Waals surface area contributed by atoms with Crippen molar-refractivity contribution in [3.8, 4) is 0 Å². The first kappa shape index (κ1) is 18.8. The molecule has 6 nitrogen and oxygen atoms in total. The normalized spacial score (nSPS) is 23.9. The molecule has 0 spiro atoms. The quantitative estimate of drug-likeness (QED) is 0.797. The smallest absolute Gasteiger partial charge is 0.282 e. The van der Waals surface area contributed by atoms with Crippen molar-refractivity contribution in [2.24, 2.45) is 0 Å². The second-order valence-electron chi connectivity index (χ2n) is 7.12. The van der Waals surface area contributed by atoms with E-state index in [1.54, 1.807) is 8.61 Å². The molecule has 2 aliphatic rings. The third-order valence-electron chi connectivity index (χ3n) is 4.91. The zero-order chi connectivity index (χ0) is 17.9. The fourth-order valence-electron chi connectivity index (χ4n) is 3.65. The summed E-state index contributed by atoms with van der Waals surface area (Å²) in [5.41, 5.74) is 2.34. The van der Waals surface area contributed by atoms with Gasteiger partial charge in [0.25, 0.3) is 10.2 Å². The molecule has 1 unspecified atom stereocenters. The highest BCUT2D eigenvalue weighted by molar-refractivity contribution is 7.86. The largest absolute Gasteiger partial charge is 0.379 e. The van der Waals surface area contributed by atoms with Gasteiger partial charge in [0.2, 0.25) is 0 Å². The molecule has 1 aromatic rings. The van der Waals surface area contributed by atoms with Gasteiger partial charge in [-0.25, -0.2) is 0 Å². The molecule has 0 saturated carbocycles. The van der Waals surface area contributed by atoms with Gasteiger partial charge < -0.3 is 9.64 Å². The third kappa shape index (κ3) is 4.41. The second kappa shape index (κ2) is 8.14. The van der Waals surface area contributed by atoms with Gasteiger partial charge in [0, 0.05) is 26.2 Å². The molecule has 140 valence electrons. The summed E-state index contributed by atoms with van der Waals surface area (Å²) in [6.45, 7) is 3.36. The van der Waals surface area contributed by atoms with Crippen LogP contribution in [-0.2, 0) is 21.5 Å². The van der Waals surface area contributed by atoms with Crippen LogP contribution in [0.4, 0.5) is 0 Å². The van der Waals surface area contributed by atoms with Crippen LogP contribution in [0, 0.1) is 0 Å². The van der Waals surface area contributed by atoms with E-state index in [0.717, 1.165) is 31.4 Å². The third-order valence-corrected chi connectivity index (χ3v) is 6.96. The van der Waals surface area contributed by atoms with Crippen LogP contribution in [0.1, 0.15) is 36.4 Å². The van der Waals surface area contributed by atoms with Gasteiger partial charge in [0.15, 0.2) is 0 Å². The first-order chi connectivity index (χ1) is 12.0. The monoisotopic (exact) mass is 367 g/mol.